The molecule has 0 aliphatic rings. The quantitative estimate of drug-likeness (QED) is 0.0346. The molecule has 0 saturated heterocycles. The molecule has 1 unspecified atom stereocenters. The van der Waals surface area contributed by atoms with Crippen molar-refractivity contribution >= 4 is 11.9 Å². The molecule has 0 N–H and O–H groups in total. The molecule has 0 aromatic heterocycles. The summed E-state index contributed by atoms with van der Waals surface area (Å²) in [6.45, 7) is 7.64. The van der Waals surface area contributed by atoms with Gasteiger partial charge in [-0.1, -0.05) is 216 Å². The van der Waals surface area contributed by atoms with Gasteiger partial charge in [-0.15, -0.1) is 0 Å². The maximum Gasteiger partial charge on any atom is 0.306 e. The van der Waals surface area contributed by atoms with Gasteiger partial charge in [-0.2, -0.15) is 0 Å². The van der Waals surface area contributed by atoms with E-state index in [9.17, 15) is 9.59 Å². The zero-order valence-corrected chi connectivity index (χ0v) is 42.5. The van der Waals surface area contributed by atoms with Crippen LogP contribution in [0.3, 0.4) is 0 Å². The highest BCUT2D eigenvalue weighted by molar-refractivity contribution is 5.70. The van der Waals surface area contributed by atoms with Crippen LogP contribution in [0.4, 0.5) is 0 Å². The number of unbranched alkanes of at least 4 members (excludes halogenated alkanes) is 27. The summed E-state index contributed by atoms with van der Waals surface area (Å²) in [5.41, 5.74) is 0. The maximum atomic E-state index is 12.8. The Balaban J connectivity index is 4.30. The van der Waals surface area contributed by atoms with Crippen LogP contribution >= 0.6 is 0 Å². The average Bonchev–Trinajstić information content (AvgIpc) is 3.30. The van der Waals surface area contributed by atoms with E-state index in [1.165, 1.54) is 141 Å². The van der Waals surface area contributed by atoms with Crippen LogP contribution in [0, 0.1) is 0 Å². The molecule has 5 nitrogen and oxygen atoms in total. The summed E-state index contributed by atoms with van der Waals surface area (Å²) in [7, 11) is 0. The Morgan fingerprint density at radius 1 is 0.359 bits per heavy atom. The third kappa shape index (κ3) is 52.0. The minimum absolute atomic E-state index is 0.0669. The summed E-state index contributed by atoms with van der Waals surface area (Å²) in [6, 6.07) is 0. The van der Waals surface area contributed by atoms with Crippen molar-refractivity contribution in [3.63, 3.8) is 0 Å². The lowest BCUT2D eigenvalue weighted by molar-refractivity contribution is -0.163. The van der Waals surface area contributed by atoms with E-state index in [0.717, 1.165) is 89.9 Å². The molecule has 0 aliphatic heterocycles. The van der Waals surface area contributed by atoms with Gasteiger partial charge >= 0.3 is 11.9 Å². The second-order valence-electron chi connectivity index (χ2n) is 18.1. The molecule has 0 rings (SSSR count). The fourth-order valence-corrected chi connectivity index (χ4v) is 7.61. The van der Waals surface area contributed by atoms with Crippen LogP contribution in [0.15, 0.2) is 72.9 Å². The zero-order chi connectivity index (χ0) is 46.3. The molecule has 0 saturated carbocycles. The van der Waals surface area contributed by atoms with E-state index in [-0.39, 0.29) is 25.2 Å². The maximum absolute atomic E-state index is 12.8. The summed E-state index contributed by atoms with van der Waals surface area (Å²) in [5.74, 6) is -0.423. The van der Waals surface area contributed by atoms with Gasteiger partial charge < -0.3 is 14.2 Å². The summed E-state index contributed by atoms with van der Waals surface area (Å²) < 4.78 is 17.4. The molecule has 370 valence electrons. The van der Waals surface area contributed by atoms with Crippen molar-refractivity contribution in [2.24, 2.45) is 0 Å². The minimum Gasteiger partial charge on any atom is -0.462 e. The van der Waals surface area contributed by atoms with Crippen molar-refractivity contribution in [2.75, 3.05) is 19.8 Å². The van der Waals surface area contributed by atoms with E-state index in [2.05, 4.69) is 93.7 Å². The van der Waals surface area contributed by atoms with Crippen LogP contribution in [0.25, 0.3) is 0 Å². The molecule has 64 heavy (non-hydrogen) atoms. The standard InChI is InChI=1S/C59H104O5/c1-4-7-10-13-16-19-22-25-27-29-30-31-32-35-37-40-43-46-49-52-58(60)63-56-57(64-59(61)53-50-47-44-41-38-34-24-21-18-15-12-9-6-3)55-62-54-51-48-45-42-39-36-33-28-26-23-20-17-14-11-8-5-2/h8,11,17,20-21,24-28,36,39,57H,4-7,9-10,12-16,18-19,22-23,29-35,37-38,40-56H2,1-3H3/b11-8-,20-17-,24-21-,27-25-,28-26-,39-36-. The molecule has 0 heterocycles. The molecule has 0 aromatic rings. The van der Waals surface area contributed by atoms with E-state index in [0.29, 0.717) is 19.4 Å². The molecule has 0 aromatic carbocycles. The Morgan fingerprint density at radius 2 is 0.703 bits per heavy atom. The van der Waals surface area contributed by atoms with E-state index in [1.807, 2.05) is 0 Å². The van der Waals surface area contributed by atoms with Gasteiger partial charge in [0.05, 0.1) is 6.61 Å². The van der Waals surface area contributed by atoms with Crippen molar-refractivity contribution in [3.05, 3.63) is 72.9 Å². The topological polar surface area (TPSA) is 61.8 Å². The van der Waals surface area contributed by atoms with E-state index in [1.54, 1.807) is 0 Å². The van der Waals surface area contributed by atoms with Gasteiger partial charge in [-0.05, 0) is 109 Å². The molecule has 0 radical (unpaired) electrons. The van der Waals surface area contributed by atoms with Gasteiger partial charge in [0.25, 0.3) is 0 Å². The fourth-order valence-electron chi connectivity index (χ4n) is 7.61. The lowest BCUT2D eigenvalue weighted by atomic mass is 10.1. The van der Waals surface area contributed by atoms with Crippen LogP contribution in [0.2, 0.25) is 0 Å². The SMILES string of the molecule is CC/C=C\C/C=C\C/C=C\C/C=C\CCCCCOCC(COC(=O)CCCCCCCCCCC/C=C\CCCCCCCC)OC(=O)CCCCCCC/C=C\CCCCCC. The molecule has 0 spiro atoms. The number of esters is 2. The summed E-state index contributed by atoms with van der Waals surface area (Å²) >= 11 is 0. The second kappa shape index (κ2) is 54.7. The number of carbonyl (C=O) groups excluding carboxylic acids is 2. The largest absolute Gasteiger partial charge is 0.462 e. The lowest BCUT2D eigenvalue weighted by Gasteiger charge is -2.18. The van der Waals surface area contributed by atoms with Crippen molar-refractivity contribution < 1.29 is 23.8 Å². The molecule has 1 atom stereocenters. The van der Waals surface area contributed by atoms with E-state index < -0.39 is 6.10 Å². The van der Waals surface area contributed by atoms with Crippen molar-refractivity contribution in [1.29, 1.82) is 0 Å². The second-order valence-corrected chi connectivity index (χ2v) is 18.1. The van der Waals surface area contributed by atoms with Crippen LogP contribution < -0.4 is 0 Å². The van der Waals surface area contributed by atoms with Crippen LogP contribution in [-0.4, -0.2) is 37.9 Å². The van der Waals surface area contributed by atoms with Crippen LogP contribution in [0.1, 0.15) is 265 Å². The Kier molecular flexibility index (Phi) is 52.4. The Hall–Kier alpha value is -2.66. The predicted octanol–water partition coefficient (Wildman–Crippen LogP) is 18.7. The first-order chi connectivity index (χ1) is 31.6. The third-order valence-corrected chi connectivity index (χ3v) is 11.7. The number of rotatable bonds is 50. The van der Waals surface area contributed by atoms with E-state index >= 15 is 0 Å². The lowest BCUT2D eigenvalue weighted by Crippen LogP contribution is -2.30. The van der Waals surface area contributed by atoms with Crippen LogP contribution in [0.5, 0.6) is 0 Å². The third-order valence-electron chi connectivity index (χ3n) is 11.7. The van der Waals surface area contributed by atoms with Crippen molar-refractivity contribution in [3.8, 4) is 0 Å². The number of hydrogen-bond donors (Lipinski definition) is 0. The fraction of sp³-hybridized carbons (Fsp3) is 0.763. The highest BCUT2D eigenvalue weighted by Crippen LogP contribution is 2.14. The molecule has 0 fully saturated rings. The first-order valence-electron chi connectivity index (χ1n) is 27.5. The van der Waals surface area contributed by atoms with Crippen molar-refractivity contribution in [2.45, 2.75) is 271 Å². The minimum atomic E-state index is -0.560. The van der Waals surface area contributed by atoms with Gasteiger partial charge in [0.15, 0.2) is 6.10 Å². The normalized spacial score (nSPS) is 12.7. The monoisotopic (exact) mass is 893 g/mol. The molecular weight excluding hydrogens is 789 g/mol. The first kappa shape index (κ1) is 61.3. The number of ether oxygens (including phenoxy) is 3. The van der Waals surface area contributed by atoms with E-state index in [4.69, 9.17) is 14.2 Å². The van der Waals surface area contributed by atoms with Gasteiger partial charge in [0.1, 0.15) is 6.61 Å². The van der Waals surface area contributed by atoms with Gasteiger partial charge in [0, 0.05) is 19.4 Å². The Labute approximate surface area is 397 Å². The molecule has 0 amide bonds. The van der Waals surface area contributed by atoms with Gasteiger partial charge in [-0.3, -0.25) is 9.59 Å². The van der Waals surface area contributed by atoms with Crippen LogP contribution in [-0.2, 0) is 23.8 Å². The number of carbonyl (C=O) groups is 2. The summed E-state index contributed by atoms with van der Waals surface area (Å²) in [6.07, 6.45) is 70.6. The number of allylic oxidation sites excluding steroid dienone is 12. The molecule has 0 bridgehead atoms. The number of hydrogen-bond acceptors (Lipinski definition) is 5. The predicted molar refractivity (Wildman–Crippen MR) is 279 cm³/mol. The van der Waals surface area contributed by atoms with Gasteiger partial charge in [-0.25, -0.2) is 0 Å². The first-order valence-corrected chi connectivity index (χ1v) is 27.5. The van der Waals surface area contributed by atoms with Crippen molar-refractivity contribution in [1.82, 2.24) is 0 Å². The Morgan fingerprint density at radius 3 is 1.16 bits per heavy atom. The van der Waals surface area contributed by atoms with Gasteiger partial charge in [0.2, 0.25) is 0 Å². The zero-order valence-electron chi connectivity index (χ0n) is 42.5. The highest BCUT2D eigenvalue weighted by Gasteiger charge is 2.17. The Bertz CT molecular complexity index is 1150. The molecular formula is C59H104O5. The summed E-state index contributed by atoms with van der Waals surface area (Å²) in [4.78, 5) is 25.4. The summed E-state index contributed by atoms with van der Waals surface area (Å²) in [5, 5.41) is 0. The highest BCUT2D eigenvalue weighted by atomic mass is 16.6. The molecule has 5 heteroatoms. The average molecular weight is 893 g/mol. The smallest absolute Gasteiger partial charge is 0.306 e. The molecule has 0 aliphatic carbocycles.